The first-order valence-corrected chi connectivity index (χ1v) is 10.2. The van der Waals surface area contributed by atoms with Gasteiger partial charge in [0, 0.05) is 18.8 Å². The first kappa shape index (κ1) is 19.8. The van der Waals surface area contributed by atoms with Crippen LogP contribution in [-0.4, -0.2) is 32.4 Å². The van der Waals surface area contributed by atoms with Gasteiger partial charge in [0.05, 0.1) is 10.6 Å². The molecule has 0 spiro atoms. The van der Waals surface area contributed by atoms with Crippen molar-refractivity contribution in [1.82, 2.24) is 4.90 Å². The van der Waals surface area contributed by atoms with Crippen molar-refractivity contribution in [3.05, 3.63) is 54.1 Å². The van der Waals surface area contributed by atoms with Crippen molar-refractivity contribution < 1.29 is 13.2 Å². The van der Waals surface area contributed by atoms with Crippen molar-refractivity contribution in [3.63, 3.8) is 0 Å². The number of benzene rings is 2. The minimum absolute atomic E-state index is 0.143. The van der Waals surface area contributed by atoms with E-state index >= 15 is 0 Å². The Labute approximate surface area is 155 Å². The summed E-state index contributed by atoms with van der Waals surface area (Å²) in [5.74, 6) is 0. The van der Waals surface area contributed by atoms with Crippen LogP contribution in [0.4, 0.5) is 16.2 Å². The molecule has 0 saturated carbocycles. The molecule has 2 aromatic carbocycles. The second-order valence-electron chi connectivity index (χ2n) is 5.74. The van der Waals surface area contributed by atoms with Gasteiger partial charge in [0.1, 0.15) is 0 Å². The fraction of sp³-hybridized carbons (Fsp3) is 0.316. The standard InChI is InChI=1S/C19H25N3O3S/c1-4-15-9-7-8-10-18(15)21-26(24,25)17-13-11-16(12-14-17)20-19(23)22(5-2)6-3/h7-14,21H,4-6H2,1-3H3,(H,20,23). The molecular formula is C19H25N3O3S. The van der Waals surface area contributed by atoms with Gasteiger partial charge in [-0.05, 0) is 56.2 Å². The summed E-state index contributed by atoms with van der Waals surface area (Å²) in [4.78, 5) is 13.8. The Hall–Kier alpha value is -2.54. The highest BCUT2D eigenvalue weighted by Crippen LogP contribution is 2.21. The smallest absolute Gasteiger partial charge is 0.321 e. The summed E-state index contributed by atoms with van der Waals surface area (Å²) in [6.45, 7) is 6.99. The molecule has 0 aliphatic carbocycles. The monoisotopic (exact) mass is 375 g/mol. The maximum Gasteiger partial charge on any atom is 0.321 e. The molecule has 0 bridgehead atoms. The number of aryl methyl sites for hydroxylation is 1. The van der Waals surface area contributed by atoms with Gasteiger partial charge in [-0.25, -0.2) is 13.2 Å². The molecule has 140 valence electrons. The van der Waals surface area contributed by atoms with Crippen molar-refractivity contribution in [1.29, 1.82) is 0 Å². The summed E-state index contributed by atoms with van der Waals surface area (Å²) in [6, 6.07) is 13.2. The second kappa shape index (κ2) is 8.71. The molecule has 0 aliphatic heterocycles. The Balaban J connectivity index is 2.15. The fourth-order valence-corrected chi connectivity index (χ4v) is 3.66. The van der Waals surface area contributed by atoms with Crippen LogP contribution in [0.3, 0.4) is 0 Å². The summed E-state index contributed by atoms with van der Waals surface area (Å²) in [7, 11) is -3.69. The topological polar surface area (TPSA) is 78.5 Å². The van der Waals surface area contributed by atoms with E-state index in [1.807, 2.05) is 32.9 Å². The largest absolute Gasteiger partial charge is 0.325 e. The number of nitrogens with one attached hydrogen (secondary N) is 2. The van der Waals surface area contributed by atoms with Crippen LogP contribution in [-0.2, 0) is 16.4 Å². The van der Waals surface area contributed by atoms with Gasteiger partial charge >= 0.3 is 6.03 Å². The van der Waals surface area contributed by atoms with E-state index in [1.165, 1.54) is 12.1 Å². The number of hydrogen-bond acceptors (Lipinski definition) is 3. The van der Waals surface area contributed by atoms with Crippen molar-refractivity contribution in [2.24, 2.45) is 0 Å². The van der Waals surface area contributed by atoms with E-state index in [-0.39, 0.29) is 10.9 Å². The van der Waals surface area contributed by atoms with Crippen LogP contribution in [0.25, 0.3) is 0 Å². The highest BCUT2D eigenvalue weighted by atomic mass is 32.2. The van der Waals surface area contributed by atoms with Crippen LogP contribution in [0, 0.1) is 0 Å². The van der Waals surface area contributed by atoms with Crippen LogP contribution in [0.2, 0.25) is 0 Å². The lowest BCUT2D eigenvalue weighted by molar-refractivity contribution is 0.217. The molecule has 0 atom stereocenters. The Morgan fingerprint density at radius 1 is 0.962 bits per heavy atom. The van der Waals surface area contributed by atoms with Crippen molar-refractivity contribution >= 4 is 27.4 Å². The molecule has 2 rings (SSSR count). The Kier molecular flexibility index (Phi) is 6.63. The number of anilines is 2. The Bertz CT molecular complexity index is 845. The van der Waals surface area contributed by atoms with Gasteiger partial charge < -0.3 is 10.2 Å². The number of amides is 2. The quantitative estimate of drug-likeness (QED) is 0.770. The summed E-state index contributed by atoms with van der Waals surface area (Å²) < 4.78 is 27.8. The van der Waals surface area contributed by atoms with Crippen LogP contribution in [0.15, 0.2) is 53.4 Å². The van der Waals surface area contributed by atoms with Gasteiger partial charge in [-0.2, -0.15) is 0 Å². The average Bonchev–Trinajstić information content (AvgIpc) is 2.63. The van der Waals surface area contributed by atoms with Crippen molar-refractivity contribution in [2.45, 2.75) is 32.1 Å². The van der Waals surface area contributed by atoms with Gasteiger partial charge in [0.2, 0.25) is 0 Å². The van der Waals surface area contributed by atoms with E-state index in [0.29, 0.717) is 24.5 Å². The molecule has 0 heterocycles. The number of rotatable bonds is 7. The number of para-hydroxylation sites is 1. The number of carbonyl (C=O) groups is 1. The zero-order valence-electron chi connectivity index (χ0n) is 15.3. The van der Waals surface area contributed by atoms with Crippen LogP contribution in [0.5, 0.6) is 0 Å². The molecule has 2 N–H and O–H groups in total. The number of nitrogens with zero attached hydrogens (tertiary/aromatic N) is 1. The molecule has 2 amide bonds. The minimum Gasteiger partial charge on any atom is -0.325 e. The molecule has 7 heteroatoms. The highest BCUT2D eigenvalue weighted by Gasteiger charge is 2.16. The summed E-state index contributed by atoms with van der Waals surface area (Å²) >= 11 is 0. The molecule has 0 aliphatic rings. The van der Waals surface area contributed by atoms with Crippen LogP contribution in [0.1, 0.15) is 26.3 Å². The molecule has 6 nitrogen and oxygen atoms in total. The summed E-state index contributed by atoms with van der Waals surface area (Å²) in [5, 5.41) is 2.76. The fourth-order valence-electron chi connectivity index (χ4n) is 2.56. The third-order valence-corrected chi connectivity index (χ3v) is 5.49. The van der Waals surface area contributed by atoms with Crippen molar-refractivity contribution in [3.8, 4) is 0 Å². The lowest BCUT2D eigenvalue weighted by Crippen LogP contribution is -2.34. The zero-order valence-corrected chi connectivity index (χ0v) is 16.1. The first-order chi connectivity index (χ1) is 12.4. The van der Waals surface area contributed by atoms with E-state index < -0.39 is 10.0 Å². The molecule has 2 aromatic rings. The van der Waals surface area contributed by atoms with Crippen LogP contribution < -0.4 is 10.0 Å². The molecule has 26 heavy (non-hydrogen) atoms. The number of carbonyl (C=O) groups excluding carboxylic acids is 1. The van der Waals surface area contributed by atoms with Gasteiger partial charge in [-0.15, -0.1) is 0 Å². The highest BCUT2D eigenvalue weighted by molar-refractivity contribution is 7.92. The lowest BCUT2D eigenvalue weighted by Gasteiger charge is -2.19. The lowest BCUT2D eigenvalue weighted by atomic mass is 10.1. The SMILES string of the molecule is CCc1ccccc1NS(=O)(=O)c1ccc(NC(=O)N(CC)CC)cc1. The van der Waals surface area contributed by atoms with E-state index in [0.717, 1.165) is 12.0 Å². The summed E-state index contributed by atoms with van der Waals surface area (Å²) in [6.07, 6.45) is 0.731. The van der Waals surface area contributed by atoms with Crippen molar-refractivity contribution in [2.75, 3.05) is 23.1 Å². The normalized spacial score (nSPS) is 11.0. The second-order valence-corrected chi connectivity index (χ2v) is 7.43. The maximum atomic E-state index is 12.6. The molecule has 0 unspecified atom stereocenters. The number of urea groups is 1. The van der Waals surface area contributed by atoms with E-state index in [9.17, 15) is 13.2 Å². The summed E-state index contributed by atoms with van der Waals surface area (Å²) in [5.41, 5.74) is 2.06. The van der Waals surface area contributed by atoms with E-state index in [2.05, 4.69) is 10.0 Å². The van der Waals surface area contributed by atoms with Gasteiger partial charge in [0.25, 0.3) is 10.0 Å². The molecule has 0 saturated heterocycles. The third-order valence-electron chi connectivity index (χ3n) is 4.11. The number of hydrogen-bond donors (Lipinski definition) is 2. The Morgan fingerprint density at radius 2 is 1.58 bits per heavy atom. The number of sulfonamides is 1. The minimum atomic E-state index is -3.69. The third kappa shape index (κ3) is 4.76. The van der Waals surface area contributed by atoms with Gasteiger partial charge in [-0.1, -0.05) is 25.1 Å². The predicted molar refractivity (Wildman–Crippen MR) is 105 cm³/mol. The van der Waals surface area contributed by atoms with Gasteiger partial charge in [0.15, 0.2) is 0 Å². The van der Waals surface area contributed by atoms with E-state index in [1.54, 1.807) is 29.2 Å². The maximum absolute atomic E-state index is 12.6. The van der Waals surface area contributed by atoms with E-state index in [4.69, 9.17) is 0 Å². The first-order valence-electron chi connectivity index (χ1n) is 8.68. The molecule has 0 fully saturated rings. The molecular weight excluding hydrogens is 350 g/mol. The zero-order chi connectivity index (χ0) is 19.2. The van der Waals surface area contributed by atoms with Crippen LogP contribution >= 0.6 is 0 Å². The predicted octanol–water partition coefficient (Wildman–Crippen LogP) is 3.92. The Morgan fingerprint density at radius 3 is 2.15 bits per heavy atom. The van der Waals surface area contributed by atoms with Gasteiger partial charge in [-0.3, -0.25) is 4.72 Å². The molecule has 0 aromatic heterocycles. The average molecular weight is 375 g/mol. The molecule has 0 radical (unpaired) electrons.